The van der Waals surface area contributed by atoms with E-state index in [4.69, 9.17) is 11.6 Å². The molecule has 0 aliphatic carbocycles. The fraction of sp³-hybridized carbons (Fsp3) is 0.357. The van der Waals surface area contributed by atoms with Crippen LogP contribution in [0.5, 0.6) is 0 Å². The molecule has 0 saturated carbocycles. The van der Waals surface area contributed by atoms with Crippen molar-refractivity contribution in [1.29, 1.82) is 0 Å². The van der Waals surface area contributed by atoms with E-state index in [9.17, 15) is 0 Å². The first-order valence-corrected chi connectivity index (χ1v) is 6.69. The summed E-state index contributed by atoms with van der Waals surface area (Å²) in [5.74, 6) is 1.12. The number of hydrogen-bond acceptors (Lipinski definition) is 5. The number of hydrogen-bond donors (Lipinski definition) is 0. The molecule has 0 N–H and O–H groups in total. The number of anilines is 2. The van der Waals surface area contributed by atoms with Crippen LogP contribution in [0.15, 0.2) is 24.3 Å². The lowest BCUT2D eigenvalue weighted by molar-refractivity contribution is 0.841. The second kappa shape index (κ2) is 6.05. The Labute approximate surface area is 124 Å². The quantitative estimate of drug-likeness (QED) is 0.866. The molecule has 6 heteroatoms. The monoisotopic (exact) mass is 291 g/mol. The lowest BCUT2D eigenvalue weighted by atomic mass is 10.1. The van der Waals surface area contributed by atoms with Crippen LogP contribution in [0.25, 0.3) is 0 Å². The molecule has 0 amide bonds. The molecular formula is C14H18ClN5. The van der Waals surface area contributed by atoms with Crippen LogP contribution in [0.4, 0.5) is 11.9 Å². The molecule has 0 radical (unpaired) electrons. The van der Waals surface area contributed by atoms with Gasteiger partial charge in [-0.3, -0.25) is 0 Å². The first-order valence-electron chi connectivity index (χ1n) is 6.31. The molecule has 0 spiro atoms. The zero-order chi connectivity index (χ0) is 14.7. The average molecular weight is 292 g/mol. The molecule has 0 unspecified atom stereocenters. The van der Waals surface area contributed by atoms with Crippen LogP contribution < -0.4 is 9.80 Å². The van der Waals surface area contributed by atoms with Gasteiger partial charge in [0, 0.05) is 27.7 Å². The third-order valence-corrected chi connectivity index (χ3v) is 3.00. The van der Waals surface area contributed by atoms with Gasteiger partial charge in [-0.25, -0.2) is 0 Å². The molecule has 106 valence electrons. The van der Waals surface area contributed by atoms with Crippen molar-refractivity contribution in [1.82, 2.24) is 15.0 Å². The number of halogens is 1. The summed E-state index contributed by atoms with van der Waals surface area (Å²) in [6.45, 7) is 2.79. The van der Waals surface area contributed by atoms with Gasteiger partial charge < -0.3 is 9.80 Å². The minimum absolute atomic E-state index is 0.204. The minimum atomic E-state index is 0.204. The standard InChI is InChI=1S/C14H18ClN5/c1-10-6-5-7-11(8-10)9-20(4)14-17-12(15)16-13(18-14)19(2)3/h5-8H,9H2,1-4H3. The topological polar surface area (TPSA) is 45.2 Å². The van der Waals surface area contributed by atoms with E-state index in [-0.39, 0.29) is 5.28 Å². The van der Waals surface area contributed by atoms with Gasteiger partial charge in [0.1, 0.15) is 0 Å². The maximum absolute atomic E-state index is 5.95. The van der Waals surface area contributed by atoms with E-state index in [0.717, 1.165) is 6.54 Å². The largest absolute Gasteiger partial charge is 0.347 e. The van der Waals surface area contributed by atoms with Gasteiger partial charge in [0.2, 0.25) is 17.2 Å². The summed E-state index contributed by atoms with van der Waals surface area (Å²) >= 11 is 5.95. The summed E-state index contributed by atoms with van der Waals surface area (Å²) in [6.07, 6.45) is 0. The summed E-state index contributed by atoms with van der Waals surface area (Å²) in [4.78, 5) is 16.4. The summed E-state index contributed by atoms with van der Waals surface area (Å²) in [5.41, 5.74) is 2.44. The Morgan fingerprint density at radius 2 is 1.75 bits per heavy atom. The van der Waals surface area contributed by atoms with Crippen LogP contribution in [-0.4, -0.2) is 36.1 Å². The summed E-state index contributed by atoms with van der Waals surface area (Å²) in [5, 5.41) is 0.204. The van der Waals surface area contributed by atoms with Crippen molar-refractivity contribution in [3.8, 4) is 0 Å². The van der Waals surface area contributed by atoms with Gasteiger partial charge in [-0.15, -0.1) is 0 Å². The summed E-state index contributed by atoms with van der Waals surface area (Å²) in [7, 11) is 5.68. The smallest absolute Gasteiger partial charge is 0.231 e. The molecule has 0 fully saturated rings. The number of nitrogens with zero attached hydrogens (tertiary/aromatic N) is 5. The van der Waals surface area contributed by atoms with Crippen LogP contribution in [-0.2, 0) is 6.54 Å². The molecule has 1 aromatic carbocycles. The number of benzene rings is 1. The van der Waals surface area contributed by atoms with Gasteiger partial charge >= 0.3 is 0 Å². The molecule has 0 bridgehead atoms. The third kappa shape index (κ3) is 3.57. The maximum atomic E-state index is 5.95. The van der Waals surface area contributed by atoms with E-state index in [2.05, 4.69) is 40.1 Å². The zero-order valence-corrected chi connectivity index (χ0v) is 12.9. The molecule has 1 aromatic heterocycles. The lowest BCUT2D eigenvalue weighted by Crippen LogP contribution is -2.22. The highest BCUT2D eigenvalue weighted by Crippen LogP contribution is 2.16. The molecule has 0 atom stereocenters. The lowest BCUT2D eigenvalue weighted by Gasteiger charge is -2.19. The third-order valence-electron chi connectivity index (χ3n) is 2.83. The highest BCUT2D eigenvalue weighted by molar-refractivity contribution is 6.28. The highest BCUT2D eigenvalue weighted by Gasteiger charge is 2.11. The molecule has 1 heterocycles. The van der Waals surface area contributed by atoms with E-state index < -0.39 is 0 Å². The van der Waals surface area contributed by atoms with Gasteiger partial charge in [0.15, 0.2) is 0 Å². The number of aromatic nitrogens is 3. The average Bonchev–Trinajstić information content (AvgIpc) is 2.37. The van der Waals surface area contributed by atoms with Gasteiger partial charge in [0.05, 0.1) is 0 Å². The molecule has 5 nitrogen and oxygen atoms in total. The van der Waals surface area contributed by atoms with Crippen molar-refractivity contribution < 1.29 is 0 Å². The van der Waals surface area contributed by atoms with Gasteiger partial charge in [-0.1, -0.05) is 29.8 Å². The van der Waals surface area contributed by atoms with E-state index in [1.165, 1.54) is 11.1 Å². The van der Waals surface area contributed by atoms with E-state index in [1.807, 2.05) is 32.1 Å². The minimum Gasteiger partial charge on any atom is -0.347 e. The Balaban J connectivity index is 2.22. The fourth-order valence-electron chi connectivity index (χ4n) is 1.86. The molecule has 20 heavy (non-hydrogen) atoms. The molecular weight excluding hydrogens is 274 g/mol. The summed E-state index contributed by atoms with van der Waals surface area (Å²) < 4.78 is 0. The van der Waals surface area contributed by atoms with Crippen molar-refractivity contribution in [3.05, 3.63) is 40.7 Å². The zero-order valence-electron chi connectivity index (χ0n) is 12.1. The Bertz CT molecular complexity index is 600. The second-order valence-corrected chi connectivity index (χ2v) is 5.28. The van der Waals surface area contributed by atoms with Crippen molar-refractivity contribution in [2.24, 2.45) is 0 Å². The maximum Gasteiger partial charge on any atom is 0.231 e. The van der Waals surface area contributed by atoms with Crippen LogP contribution in [0.1, 0.15) is 11.1 Å². The first-order chi connectivity index (χ1) is 9.45. The molecule has 0 saturated heterocycles. The second-order valence-electron chi connectivity index (χ2n) is 4.94. The van der Waals surface area contributed by atoms with Crippen molar-refractivity contribution in [2.45, 2.75) is 13.5 Å². The van der Waals surface area contributed by atoms with Crippen LogP contribution >= 0.6 is 11.6 Å². The van der Waals surface area contributed by atoms with Crippen molar-refractivity contribution in [2.75, 3.05) is 30.9 Å². The van der Waals surface area contributed by atoms with Crippen molar-refractivity contribution in [3.63, 3.8) is 0 Å². The van der Waals surface area contributed by atoms with Crippen LogP contribution in [0, 0.1) is 6.92 Å². The normalized spacial score (nSPS) is 10.4. The molecule has 2 aromatic rings. The van der Waals surface area contributed by atoms with Gasteiger partial charge in [-0.05, 0) is 24.1 Å². The van der Waals surface area contributed by atoms with Gasteiger partial charge in [-0.2, -0.15) is 15.0 Å². The Morgan fingerprint density at radius 3 is 2.40 bits per heavy atom. The SMILES string of the molecule is Cc1cccc(CN(C)c2nc(Cl)nc(N(C)C)n2)c1. The van der Waals surface area contributed by atoms with E-state index >= 15 is 0 Å². The van der Waals surface area contributed by atoms with Crippen LogP contribution in [0.3, 0.4) is 0 Å². The highest BCUT2D eigenvalue weighted by atomic mass is 35.5. The van der Waals surface area contributed by atoms with Gasteiger partial charge in [0.25, 0.3) is 0 Å². The van der Waals surface area contributed by atoms with Crippen LogP contribution in [0.2, 0.25) is 5.28 Å². The molecule has 0 aliphatic rings. The Hall–Kier alpha value is -1.88. The Morgan fingerprint density at radius 1 is 1.05 bits per heavy atom. The van der Waals surface area contributed by atoms with E-state index in [1.54, 1.807) is 4.90 Å². The van der Waals surface area contributed by atoms with Crippen molar-refractivity contribution >= 4 is 23.5 Å². The first kappa shape index (κ1) is 14.5. The predicted molar refractivity (Wildman–Crippen MR) is 82.5 cm³/mol. The molecule has 2 rings (SSSR count). The predicted octanol–water partition coefficient (Wildman–Crippen LogP) is 2.54. The van der Waals surface area contributed by atoms with E-state index in [0.29, 0.717) is 11.9 Å². The number of rotatable bonds is 4. The Kier molecular flexibility index (Phi) is 4.39. The summed E-state index contributed by atoms with van der Waals surface area (Å²) in [6, 6.07) is 8.35. The number of aryl methyl sites for hydroxylation is 1. The molecule has 0 aliphatic heterocycles. The fourth-order valence-corrected chi connectivity index (χ4v) is 2.01.